The highest BCUT2D eigenvalue weighted by Crippen LogP contribution is 2.42. The Morgan fingerprint density at radius 3 is 1.54 bits per heavy atom. The standard InChI is InChI=1S/C60H38N2O/c1-3-14-50-41(10-1)20-21-45-36-44(27-33-51(45)50)40-24-30-47(31-25-40)61(49-32-35-59-56(38-49)55-34-26-42-11-2-4-15-52(42)60(55)63-59)46-28-22-39(23-29-46)43-12-9-13-48(37-43)62-57-18-7-5-16-53(57)54-17-6-8-19-58(54)62/h1-38H. The van der Waals surface area contributed by atoms with Crippen LogP contribution in [0, 0.1) is 0 Å². The van der Waals surface area contributed by atoms with Gasteiger partial charge in [0.25, 0.3) is 0 Å². The van der Waals surface area contributed by atoms with E-state index in [9.17, 15) is 0 Å². The minimum Gasteiger partial charge on any atom is -0.455 e. The first-order valence-corrected chi connectivity index (χ1v) is 21.6. The van der Waals surface area contributed by atoms with E-state index in [0.29, 0.717) is 0 Å². The molecule has 0 atom stereocenters. The molecule has 11 aromatic carbocycles. The number of rotatable bonds is 6. The summed E-state index contributed by atoms with van der Waals surface area (Å²) in [7, 11) is 0. The lowest BCUT2D eigenvalue weighted by Crippen LogP contribution is -2.09. The number of aromatic nitrogens is 1. The van der Waals surface area contributed by atoms with Crippen molar-refractivity contribution in [1.82, 2.24) is 4.57 Å². The summed E-state index contributed by atoms with van der Waals surface area (Å²) in [4.78, 5) is 2.36. The van der Waals surface area contributed by atoms with Crippen LogP contribution in [0.25, 0.3) is 104 Å². The Labute approximate surface area is 363 Å². The Kier molecular flexibility index (Phi) is 7.91. The van der Waals surface area contributed by atoms with E-state index in [1.807, 2.05) is 0 Å². The zero-order valence-electron chi connectivity index (χ0n) is 34.2. The first-order valence-electron chi connectivity index (χ1n) is 21.6. The van der Waals surface area contributed by atoms with Crippen molar-refractivity contribution < 1.29 is 4.42 Å². The summed E-state index contributed by atoms with van der Waals surface area (Å²) in [6.07, 6.45) is 0. The monoisotopic (exact) mass is 802 g/mol. The van der Waals surface area contributed by atoms with Gasteiger partial charge in [-0.15, -0.1) is 0 Å². The second-order valence-corrected chi connectivity index (χ2v) is 16.5. The number of furan rings is 1. The third-order valence-electron chi connectivity index (χ3n) is 13.0. The molecule has 13 aromatic rings. The lowest BCUT2D eigenvalue weighted by atomic mass is 9.97. The molecule has 294 valence electrons. The van der Waals surface area contributed by atoms with Gasteiger partial charge in [0.1, 0.15) is 11.2 Å². The van der Waals surface area contributed by atoms with Gasteiger partial charge in [-0.2, -0.15) is 0 Å². The predicted molar refractivity (Wildman–Crippen MR) is 266 cm³/mol. The van der Waals surface area contributed by atoms with Crippen LogP contribution >= 0.6 is 0 Å². The first-order chi connectivity index (χ1) is 31.2. The topological polar surface area (TPSA) is 21.3 Å². The molecule has 3 heteroatoms. The largest absolute Gasteiger partial charge is 0.455 e. The van der Waals surface area contributed by atoms with Gasteiger partial charge in [0, 0.05) is 49.7 Å². The fraction of sp³-hybridized carbons (Fsp3) is 0. The Morgan fingerprint density at radius 1 is 0.302 bits per heavy atom. The quantitative estimate of drug-likeness (QED) is 0.156. The maximum Gasteiger partial charge on any atom is 0.143 e. The second kappa shape index (κ2) is 14.1. The minimum absolute atomic E-state index is 0.878. The van der Waals surface area contributed by atoms with Crippen LogP contribution in [-0.2, 0) is 0 Å². The molecule has 0 saturated carbocycles. The van der Waals surface area contributed by atoms with Gasteiger partial charge in [-0.1, -0.05) is 152 Å². The van der Waals surface area contributed by atoms with Crippen molar-refractivity contribution in [2.24, 2.45) is 0 Å². The number of anilines is 3. The number of hydrogen-bond acceptors (Lipinski definition) is 2. The summed E-state index contributed by atoms with van der Waals surface area (Å²) < 4.78 is 8.94. The molecule has 2 heterocycles. The van der Waals surface area contributed by atoms with E-state index in [2.05, 4.69) is 240 Å². The normalized spacial score (nSPS) is 11.8. The number of para-hydroxylation sites is 2. The van der Waals surface area contributed by atoms with Crippen LogP contribution < -0.4 is 4.90 Å². The lowest BCUT2D eigenvalue weighted by Gasteiger charge is -2.26. The molecular formula is C60H38N2O. The molecular weight excluding hydrogens is 765 g/mol. The van der Waals surface area contributed by atoms with E-state index < -0.39 is 0 Å². The molecule has 0 aliphatic carbocycles. The Hall–Kier alpha value is -8.40. The van der Waals surface area contributed by atoms with E-state index in [0.717, 1.165) is 55.6 Å². The molecule has 3 nitrogen and oxygen atoms in total. The van der Waals surface area contributed by atoms with Gasteiger partial charge in [-0.25, -0.2) is 0 Å². The second-order valence-electron chi connectivity index (χ2n) is 16.5. The minimum atomic E-state index is 0.878. The molecule has 0 bridgehead atoms. The average Bonchev–Trinajstić information content (AvgIpc) is 3.90. The van der Waals surface area contributed by atoms with Gasteiger partial charge < -0.3 is 13.9 Å². The summed E-state index contributed by atoms with van der Waals surface area (Å²) >= 11 is 0. The van der Waals surface area contributed by atoms with Crippen LogP contribution in [0.5, 0.6) is 0 Å². The predicted octanol–water partition coefficient (Wildman–Crippen LogP) is 16.9. The lowest BCUT2D eigenvalue weighted by molar-refractivity contribution is 0.672. The summed E-state index contributed by atoms with van der Waals surface area (Å²) in [6.45, 7) is 0. The van der Waals surface area contributed by atoms with Crippen molar-refractivity contribution in [3.8, 4) is 27.9 Å². The van der Waals surface area contributed by atoms with E-state index in [4.69, 9.17) is 4.42 Å². The van der Waals surface area contributed by atoms with Gasteiger partial charge in [0.15, 0.2) is 0 Å². The molecule has 0 fully saturated rings. The zero-order valence-corrected chi connectivity index (χ0v) is 34.2. The Balaban J connectivity index is 0.910. The molecule has 2 aromatic heterocycles. The van der Waals surface area contributed by atoms with Crippen molar-refractivity contribution in [2.45, 2.75) is 0 Å². The van der Waals surface area contributed by atoms with Crippen molar-refractivity contribution in [1.29, 1.82) is 0 Å². The summed E-state index contributed by atoms with van der Waals surface area (Å²) in [5.41, 5.74) is 13.3. The van der Waals surface area contributed by atoms with E-state index in [1.165, 1.54) is 65.4 Å². The molecule has 0 spiro atoms. The molecule has 63 heavy (non-hydrogen) atoms. The van der Waals surface area contributed by atoms with Crippen LogP contribution in [0.3, 0.4) is 0 Å². The van der Waals surface area contributed by atoms with Gasteiger partial charge >= 0.3 is 0 Å². The molecule has 0 aliphatic rings. The fourth-order valence-electron chi connectivity index (χ4n) is 9.90. The van der Waals surface area contributed by atoms with Crippen LogP contribution in [0.4, 0.5) is 17.1 Å². The highest BCUT2D eigenvalue weighted by atomic mass is 16.3. The van der Waals surface area contributed by atoms with Gasteiger partial charge in [0.2, 0.25) is 0 Å². The van der Waals surface area contributed by atoms with Gasteiger partial charge in [-0.05, 0) is 128 Å². The zero-order chi connectivity index (χ0) is 41.4. The Morgan fingerprint density at radius 2 is 0.825 bits per heavy atom. The summed E-state index contributed by atoms with van der Waals surface area (Å²) in [5, 5.41) is 12.1. The van der Waals surface area contributed by atoms with Crippen LogP contribution in [0.2, 0.25) is 0 Å². The molecule has 0 unspecified atom stereocenters. The number of fused-ring (bicyclic) bond motifs is 11. The van der Waals surface area contributed by atoms with Crippen LogP contribution in [0.1, 0.15) is 0 Å². The average molecular weight is 803 g/mol. The van der Waals surface area contributed by atoms with Crippen molar-refractivity contribution in [2.75, 3.05) is 4.90 Å². The molecule has 13 rings (SSSR count). The smallest absolute Gasteiger partial charge is 0.143 e. The van der Waals surface area contributed by atoms with Crippen molar-refractivity contribution in [3.05, 3.63) is 231 Å². The molecule has 0 radical (unpaired) electrons. The molecule has 0 amide bonds. The first kappa shape index (κ1) is 35.4. The van der Waals surface area contributed by atoms with Crippen LogP contribution in [-0.4, -0.2) is 4.57 Å². The van der Waals surface area contributed by atoms with E-state index in [-0.39, 0.29) is 0 Å². The fourth-order valence-corrected chi connectivity index (χ4v) is 9.90. The summed E-state index contributed by atoms with van der Waals surface area (Å²) in [5.74, 6) is 0. The third-order valence-corrected chi connectivity index (χ3v) is 13.0. The summed E-state index contributed by atoms with van der Waals surface area (Å²) in [6, 6.07) is 83.5. The third kappa shape index (κ3) is 5.75. The highest BCUT2D eigenvalue weighted by molar-refractivity contribution is 6.16. The van der Waals surface area contributed by atoms with Crippen molar-refractivity contribution in [3.63, 3.8) is 0 Å². The molecule has 0 N–H and O–H groups in total. The van der Waals surface area contributed by atoms with Crippen LogP contribution in [0.15, 0.2) is 235 Å². The van der Waals surface area contributed by atoms with Gasteiger partial charge in [0.05, 0.1) is 11.0 Å². The highest BCUT2D eigenvalue weighted by Gasteiger charge is 2.18. The van der Waals surface area contributed by atoms with Gasteiger partial charge in [-0.3, -0.25) is 0 Å². The number of hydrogen-bond donors (Lipinski definition) is 0. The van der Waals surface area contributed by atoms with E-state index >= 15 is 0 Å². The van der Waals surface area contributed by atoms with Crippen molar-refractivity contribution >= 4 is 93.1 Å². The van der Waals surface area contributed by atoms with E-state index in [1.54, 1.807) is 0 Å². The maximum atomic E-state index is 6.56. The maximum absolute atomic E-state index is 6.56. The number of nitrogens with zero attached hydrogens (tertiary/aromatic N) is 2. The SMILES string of the molecule is c1cc(-c2ccc(N(c3ccc(-c4ccc5c(ccc6ccccc65)c4)cc3)c3ccc4oc5c6ccccc6ccc5c4c3)cc2)cc(-n2c3ccccc3c3ccccc32)c1. The molecule has 0 saturated heterocycles. The number of benzene rings is 11. The molecule has 0 aliphatic heterocycles. The Bertz CT molecular complexity index is 3860.